The smallest absolute Gasteiger partial charge is 0.410 e. The molecule has 0 saturated carbocycles. The molecule has 1 aromatic heterocycles. The van der Waals surface area contributed by atoms with Crippen LogP contribution in [0.1, 0.15) is 65.3 Å². The Bertz CT molecular complexity index is 1330. The van der Waals surface area contributed by atoms with Gasteiger partial charge in [0.1, 0.15) is 5.00 Å². The van der Waals surface area contributed by atoms with E-state index in [0.717, 1.165) is 16.9 Å². The van der Waals surface area contributed by atoms with E-state index in [1.807, 2.05) is 13.8 Å². The summed E-state index contributed by atoms with van der Waals surface area (Å²) >= 11 is 1.22. The van der Waals surface area contributed by atoms with Crippen molar-refractivity contribution in [2.45, 2.75) is 52.0 Å². The summed E-state index contributed by atoms with van der Waals surface area (Å²) in [6.45, 7) is 9.58. The molecule has 0 unspecified atom stereocenters. The second-order valence-corrected chi connectivity index (χ2v) is 13.1. The minimum absolute atomic E-state index is 0.137. The number of ether oxygens (including phenoxy) is 2. The quantitative estimate of drug-likeness (QED) is 0.485. The minimum atomic E-state index is -3.67. The van der Waals surface area contributed by atoms with Gasteiger partial charge in [0.15, 0.2) is 0 Å². The molecule has 12 heteroatoms. The third-order valence-corrected chi connectivity index (χ3v) is 9.86. The molecule has 1 fully saturated rings. The standard InChI is InChI=1S/C27H35N3O7S2/c1-5-36-26(32)23-21-11-12-29(27(33)37-6-2)16-22(21)38-25(23)28-24(31)19-7-9-20(10-8-19)39(34,35)30-14-17(3)13-18(4)15-30/h7-10,17-18H,5-6,11-16H2,1-4H3,(H,28,31)/t17-,18+. The Morgan fingerprint density at radius 3 is 2.28 bits per heavy atom. The lowest BCUT2D eigenvalue weighted by atomic mass is 9.94. The van der Waals surface area contributed by atoms with E-state index in [-0.39, 0.29) is 42.1 Å². The van der Waals surface area contributed by atoms with E-state index in [1.165, 1.54) is 39.9 Å². The summed E-state index contributed by atoms with van der Waals surface area (Å²) in [5.41, 5.74) is 1.30. The van der Waals surface area contributed by atoms with Gasteiger partial charge in [0.2, 0.25) is 10.0 Å². The van der Waals surface area contributed by atoms with Gasteiger partial charge >= 0.3 is 12.1 Å². The first-order valence-corrected chi connectivity index (χ1v) is 15.5. The average Bonchev–Trinajstić information content (AvgIpc) is 3.25. The number of nitrogens with one attached hydrogen (secondary N) is 1. The highest BCUT2D eigenvalue weighted by Crippen LogP contribution is 2.38. The topological polar surface area (TPSA) is 122 Å². The van der Waals surface area contributed by atoms with Crippen LogP contribution in [0.4, 0.5) is 9.80 Å². The normalized spacial score (nSPS) is 19.7. The Labute approximate surface area is 233 Å². The summed E-state index contributed by atoms with van der Waals surface area (Å²) in [5, 5.41) is 3.15. The van der Waals surface area contributed by atoms with Crippen molar-refractivity contribution in [3.8, 4) is 0 Å². The molecular weight excluding hydrogens is 542 g/mol. The van der Waals surface area contributed by atoms with E-state index in [4.69, 9.17) is 9.47 Å². The van der Waals surface area contributed by atoms with Crippen LogP contribution < -0.4 is 5.32 Å². The lowest BCUT2D eigenvalue weighted by molar-refractivity contribution is 0.0526. The summed E-state index contributed by atoms with van der Waals surface area (Å²) in [7, 11) is -3.67. The van der Waals surface area contributed by atoms with Crippen molar-refractivity contribution in [3.63, 3.8) is 0 Å². The maximum atomic E-state index is 13.2. The number of thiophene rings is 1. The number of nitrogens with zero attached hydrogens (tertiary/aromatic N) is 2. The van der Waals surface area contributed by atoms with E-state index >= 15 is 0 Å². The second kappa shape index (κ2) is 12.1. The molecule has 1 N–H and O–H groups in total. The molecule has 0 spiro atoms. The third-order valence-electron chi connectivity index (χ3n) is 6.88. The Morgan fingerprint density at radius 2 is 1.67 bits per heavy atom. The van der Waals surface area contributed by atoms with Crippen LogP contribution in [0.15, 0.2) is 29.2 Å². The highest BCUT2D eigenvalue weighted by molar-refractivity contribution is 7.89. The van der Waals surface area contributed by atoms with E-state index < -0.39 is 28.0 Å². The highest BCUT2D eigenvalue weighted by atomic mass is 32.2. The molecular formula is C27H35N3O7S2. The molecule has 2 aliphatic rings. The van der Waals surface area contributed by atoms with E-state index in [9.17, 15) is 22.8 Å². The first-order chi connectivity index (χ1) is 18.5. The van der Waals surface area contributed by atoms with Crippen molar-refractivity contribution < 1.29 is 32.3 Å². The summed E-state index contributed by atoms with van der Waals surface area (Å²) in [6.07, 6.45) is 0.990. The van der Waals surface area contributed by atoms with E-state index in [2.05, 4.69) is 5.32 Å². The predicted octanol–water partition coefficient (Wildman–Crippen LogP) is 4.36. The van der Waals surface area contributed by atoms with Gasteiger partial charge in [0.25, 0.3) is 5.91 Å². The van der Waals surface area contributed by atoms with Gasteiger partial charge in [-0.15, -0.1) is 11.3 Å². The monoisotopic (exact) mass is 577 g/mol. The molecule has 10 nitrogen and oxygen atoms in total. The zero-order valence-electron chi connectivity index (χ0n) is 22.7. The molecule has 0 radical (unpaired) electrons. The summed E-state index contributed by atoms with van der Waals surface area (Å²) in [6, 6.07) is 5.83. The second-order valence-electron chi connectivity index (χ2n) is 10.0. The lowest BCUT2D eigenvalue weighted by Gasteiger charge is -2.34. The summed E-state index contributed by atoms with van der Waals surface area (Å²) in [4.78, 5) is 40.7. The number of anilines is 1. The molecule has 1 aromatic carbocycles. The van der Waals surface area contributed by atoms with Gasteiger partial charge in [0, 0.05) is 30.1 Å². The first kappa shape index (κ1) is 29.0. The molecule has 212 valence electrons. The maximum Gasteiger partial charge on any atom is 0.410 e. The third kappa shape index (κ3) is 6.28. The zero-order chi connectivity index (χ0) is 28.3. The number of fused-ring (bicyclic) bond motifs is 1. The van der Waals surface area contributed by atoms with Gasteiger partial charge in [0.05, 0.1) is 30.2 Å². The molecule has 3 heterocycles. The molecule has 2 aliphatic heterocycles. The number of hydrogen-bond donors (Lipinski definition) is 1. The Morgan fingerprint density at radius 1 is 1.03 bits per heavy atom. The molecule has 39 heavy (non-hydrogen) atoms. The molecule has 4 rings (SSSR count). The average molecular weight is 578 g/mol. The van der Waals surface area contributed by atoms with Crippen LogP contribution in [-0.2, 0) is 32.5 Å². The number of benzene rings is 1. The lowest BCUT2D eigenvalue weighted by Crippen LogP contribution is -2.42. The fraction of sp³-hybridized carbons (Fsp3) is 0.519. The van der Waals surface area contributed by atoms with Crippen LogP contribution in [0.25, 0.3) is 0 Å². The SMILES string of the molecule is CCOC(=O)c1c(NC(=O)c2ccc(S(=O)(=O)N3C[C@H](C)C[C@H](C)C3)cc2)sc2c1CCN(C(=O)OCC)C2. The number of carbonyl (C=O) groups is 3. The fourth-order valence-corrected chi connectivity index (χ4v) is 8.11. The largest absolute Gasteiger partial charge is 0.462 e. The number of hydrogen-bond acceptors (Lipinski definition) is 8. The van der Waals surface area contributed by atoms with E-state index in [0.29, 0.717) is 36.6 Å². The minimum Gasteiger partial charge on any atom is -0.462 e. The van der Waals surface area contributed by atoms with Crippen LogP contribution in [0.2, 0.25) is 0 Å². The van der Waals surface area contributed by atoms with Crippen molar-refractivity contribution in [1.29, 1.82) is 0 Å². The Hall–Kier alpha value is -2.96. The first-order valence-electron chi connectivity index (χ1n) is 13.2. The van der Waals surface area contributed by atoms with Gasteiger partial charge < -0.3 is 19.7 Å². The maximum absolute atomic E-state index is 13.2. The number of sulfonamides is 1. The van der Waals surface area contributed by atoms with Crippen molar-refractivity contribution >= 4 is 44.3 Å². The molecule has 1 saturated heterocycles. The van der Waals surface area contributed by atoms with Crippen molar-refractivity contribution in [1.82, 2.24) is 9.21 Å². The van der Waals surface area contributed by atoms with E-state index in [1.54, 1.807) is 18.7 Å². The van der Waals surface area contributed by atoms with Crippen molar-refractivity contribution in [2.24, 2.45) is 11.8 Å². The fourth-order valence-electron chi connectivity index (χ4n) is 5.19. The van der Waals surface area contributed by atoms with Crippen LogP contribution in [0, 0.1) is 11.8 Å². The number of rotatable bonds is 7. The van der Waals surface area contributed by atoms with Crippen LogP contribution in [-0.4, -0.2) is 68.4 Å². The zero-order valence-corrected chi connectivity index (χ0v) is 24.3. The number of esters is 1. The Kier molecular flexibility index (Phi) is 8.97. The molecule has 0 bridgehead atoms. The Balaban J connectivity index is 1.55. The number of amides is 2. The van der Waals surface area contributed by atoms with Gasteiger partial charge in [-0.1, -0.05) is 13.8 Å². The molecule has 0 aliphatic carbocycles. The summed E-state index contributed by atoms with van der Waals surface area (Å²) in [5.74, 6) is -0.460. The number of carbonyl (C=O) groups excluding carboxylic acids is 3. The van der Waals surface area contributed by atoms with Gasteiger partial charge in [-0.2, -0.15) is 4.31 Å². The molecule has 2 atom stereocenters. The van der Waals surface area contributed by atoms with Gasteiger partial charge in [-0.05, 0) is 68.4 Å². The summed E-state index contributed by atoms with van der Waals surface area (Å²) < 4.78 is 38.3. The molecule has 2 aromatic rings. The van der Waals surface area contributed by atoms with Crippen molar-refractivity contribution in [3.05, 3.63) is 45.8 Å². The van der Waals surface area contributed by atoms with Crippen LogP contribution in [0.3, 0.4) is 0 Å². The molecule has 2 amide bonds. The predicted molar refractivity (Wildman–Crippen MR) is 148 cm³/mol. The highest BCUT2D eigenvalue weighted by Gasteiger charge is 2.33. The van der Waals surface area contributed by atoms with Gasteiger partial charge in [-0.25, -0.2) is 18.0 Å². The number of piperidine rings is 1. The van der Waals surface area contributed by atoms with Crippen LogP contribution in [0.5, 0.6) is 0 Å². The van der Waals surface area contributed by atoms with Crippen molar-refractivity contribution in [2.75, 3.05) is 38.2 Å². The van der Waals surface area contributed by atoms with Crippen LogP contribution >= 0.6 is 11.3 Å². The van der Waals surface area contributed by atoms with Gasteiger partial charge in [-0.3, -0.25) is 4.79 Å².